The van der Waals surface area contributed by atoms with Crippen LogP contribution in [0.25, 0.3) is 6.08 Å². The minimum Gasteiger partial charge on any atom is -0.493 e. The van der Waals surface area contributed by atoms with Crippen LogP contribution in [-0.4, -0.2) is 28.1 Å². The zero-order valence-electron chi connectivity index (χ0n) is 17.4. The molecule has 0 amide bonds. The number of hydrogen-bond acceptors (Lipinski definition) is 8. The fraction of sp³-hybridized carbons (Fsp3) is 0.217. The number of aromatic nitrogens is 2. The highest BCUT2D eigenvalue weighted by Gasteiger charge is 2.39. The maximum atomic E-state index is 13.0. The van der Waals surface area contributed by atoms with E-state index in [4.69, 9.17) is 14.9 Å². The van der Waals surface area contributed by atoms with Crippen molar-refractivity contribution in [1.82, 2.24) is 10.2 Å². The van der Waals surface area contributed by atoms with Crippen LogP contribution >= 0.6 is 39.0 Å². The van der Waals surface area contributed by atoms with Gasteiger partial charge in [-0.3, -0.25) is 10.2 Å². The maximum Gasteiger partial charge on any atom is 0.186 e. The number of carbonyl (C=O) groups is 1. The van der Waals surface area contributed by atoms with Gasteiger partial charge in [0.2, 0.25) is 0 Å². The van der Waals surface area contributed by atoms with E-state index in [1.54, 1.807) is 13.2 Å². The smallest absolute Gasteiger partial charge is 0.186 e. The molecule has 1 atom stereocenters. The number of aryl methyl sites for hydroxylation is 1. The molecule has 164 valence electrons. The van der Waals surface area contributed by atoms with Gasteiger partial charge in [-0.05, 0) is 47.9 Å². The number of hydrogen-bond donors (Lipinski definition) is 1. The standard InChI is InChI=1S/C23H20BrN3O3S2/c1-3-19-26-27-23(32-19)20-21(28)18(31-22(20)25)11-14-6-9-16(17(10-14)29-2)30-12-13-4-7-15(24)8-5-13/h4-11,20,25H,3,12H2,1-2H3/b18-11-,25-22?/t20-/m1/s1. The number of thioether (sulfide) groups is 1. The Kier molecular flexibility index (Phi) is 7.07. The predicted octanol–water partition coefficient (Wildman–Crippen LogP) is 5.87. The average molecular weight is 530 g/mol. The first-order valence-electron chi connectivity index (χ1n) is 9.88. The minimum absolute atomic E-state index is 0.117. The Labute approximate surface area is 202 Å². The molecule has 0 radical (unpaired) electrons. The summed E-state index contributed by atoms with van der Waals surface area (Å²) in [4.78, 5) is 13.5. The number of nitrogens with zero attached hydrogens (tertiary/aromatic N) is 2. The van der Waals surface area contributed by atoms with E-state index >= 15 is 0 Å². The highest BCUT2D eigenvalue weighted by Crippen LogP contribution is 2.42. The van der Waals surface area contributed by atoms with Crippen molar-refractivity contribution in [3.8, 4) is 11.5 Å². The van der Waals surface area contributed by atoms with E-state index in [9.17, 15) is 4.79 Å². The summed E-state index contributed by atoms with van der Waals surface area (Å²) < 4.78 is 12.4. The van der Waals surface area contributed by atoms with Crippen LogP contribution in [0.4, 0.5) is 0 Å². The molecule has 1 aromatic heterocycles. The summed E-state index contributed by atoms with van der Waals surface area (Å²) in [6.07, 6.45) is 2.54. The minimum atomic E-state index is -0.653. The number of methoxy groups -OCH3 is 1. The molecule has 0 spiro atoms. The van der Waals surface area contributed by atoms with E-state index in [0.29, 0.717) is 28.0 Å². The van der Waals surface area contributed by atoms with Gasteiger partial charge >= 0.3 is 0 Å². The maximum absolute atomic E-state index is 13.0. The first-order chi connectivity index (χ1) is 15.5. The molecular weight excluding hydrogens is 510 g/mol. The molecule has 2 heterocycles. The van der Waals surface area contributed by atoms with Gasteiger partial charge < -0.3 is 9.47 Å². The van der Waals surface area contributed by atoms with Gasteiger partial charge in [0.1, 0.15) is 22.5 Å². The lowest BCUT2D eigenvalue weighted by Crippen LogP contribution is -2.11. The fourth-order valence-corrected chi connectivity index (χ4v) is 5.34. The third-order valence-corrected chi connectivity index (χ3v) is 7.47. The van der Waals surface area contributed by atoms with Gasteiger partial charge in [-0.1, -0.05) is 52.8 Å². The van der Waals surface area contributed by atoms with Crippen molar-refractivity contribution in [2.24, 2.45) is 0 Å². The van der Waals surface area contributed by atoms with Crippen LogP contribution in [0.2, 0.25) is 0 Å². The molecule has 4 rings (SSSR count). The zero-order chi connectivity index (χ0) is 22.7. The second kappa shape index (κ2) is 9.97. The third-order valence-electron chi connectivity index (χ3n) is 4.81. The van der Waals surface area contributed by atoms with Crippen LogP contribution in [0.5, 0.6) is 11.5 Å². The van der Waals surface area contributed by atoms with Crippen molar-refractivity contribution in [3.05, 3.63) is 73.0 Å². The fourth-order valence-electron chi connectivity index (χ4n) is 3.13. The lowest BCUT2D eigenvalue weighted by atomic mass is 10.1. The first kappa shape index (κ1) is 22.7. The Morgan fingerprint density at radius 3 is 2.62 bits per heavy atom. The second-order valence-electron chi connectivity index (χ2n) is 6.99. The molecule has 1 fully saturated rings. The van der Waals surface area contributed by atoms with Crippen molar-refractivity contribution in [2.75, 3.05) is 7.11 Å². The topological polar surface area (TPSA) is 85.2 Å². The number of ketones is 1. The Morgan fingerprint density at radius 2 is 1.94 bits per heavy atom. The zero-order valence-corrected chi connectivity index (χ0v) is 20.6. The van der Waals surface area contributed by atoms with Crippen LogP contribution in [0.1, 0.15) is 34.0 Å². The monoisotopic (exact) mass is 529 g/mol. The Bertz CT molecular complexity index is 1190. The Hall–Kier alpha value is -2.49. The largest absolute Gasteiger partial charge is 0.493 e. The van der Waals surface area contributed by atoms with Gasteiger partial charge in [0, 0.05) is 4.47 Å². The van der Waals surface area contributed by atoms with E-state index in [-0.39, 0.29) is 10.8 Å². The van der Waals surface area contributed by atoms with Gasteiger partial charge in [-0.15, -0.1) is 21.5 Å². The van der Waals surface area contributed by atoms with Crippen molar-refractivity contribution in [3.63, 3.8) is 0 Å². The highest BCUT2D eigenvalue weighted by atomic mass is 79.9. The summed E-state index contributed by atoms with van der Waals surface area (Å²) in [5.74, 6) is 0.428. The van der Waals surface area contributed by atoms with E-state index < -0.39 is 5.92 Å². The van der Waals surface area contributed by atoms with Crippen molar-refractivity contribution < 1.29 is 14.3 Å². The number of ether oxygens (including phenoxy) is 2. The van der Waals surface area contributed by atoms with Crippen LogP contribution in [-0.2, 0) is 17.8 Å². The summed E-state index contributed by atoms with van der Waals surface area (Å²) in [6, 6.07) is 13.5. The molecule has 32 heavy (non-hydrogen) atoms. The first-order valence-corrected chi connectivity index (χ1v) is 12.3. The third kappa shape index (κ3) is 4.95. The van der Waals surface area contributed by atoms with Crippen molar-refractivity contribution in [2.45, 2.75) is 25.9 Å². The van der Waals surface area contributed by atoms with Crippen molar-refractivity contribution in [1.29, 1.82) is 5.41 Å². The lowest BCUT2D eigenvalue weighted by Gasteiger charge is -2.11. The number of halogens is 1. The Morgan fingerprint density at radius 1 is 1.16 bits per heavy atom. The predicted molar refractivity (Wildman–Crippen MR) is 132 cm³/mol. The number of allylic oxidation sites excluding steroid dienone is 1. The van der Waals surface area contributed by atoms with Gasteiger partial charge in [0.25, 0.3) is 0 Å². The van der Waals surface area contributed by atoms with Crippen LogP contribution in [0.15, 0.2) is 51.8 Å². The summed E-state index contributed by atoms with van der Waals surface area (Å²) in [6.45, 7) is 2.41. The van der Waals surface area contributed by atoms with Crippen LogP contribution in [0.3, 0.4) is 0 Å². The molecule has 2 aromatic carbocycles. The molecule has 3 aromatic rings. The summed E-state index contributed by atoms with van der Waals surface area (Å²) in [7, 11) is 1.58. The summed E-state index contributed by atoms with van der Waals surface area (Å²) in [5.41, 5.74) is 1.84. The summed E-state index contributed by atoms with van der Waals surface area (Å²) >= 11 is 5.99. The number of rotatable bonds is 7. The van der Waals surface area contributed by atoms with E-state index in [1.807, 2.05) is 49.4 Å². The molecule has 6 nitrogen and oxygen atoms in total. The normalized spacial score (nSPS) is 17.2. The number of benzene rings is 2. The van der Waals surface area contributed by atoms with Crippen molar-refractivity contribution >= 4 is 55.9 Å². The molecule has 0 bridgehead atoms. The molecule has 1 aliphatic heterocycles. The quantitative estimate of drug-likeness (QED) is 0.385. The van der Waals surface area contributed by atoms with Gasteiger partial charge in [-0.25, -0.2) is 0 Å². The van der Waals surface area contributed by atoms with Gasteiger partial charge in [0.15, 0.2) is 17.3 Å². The Balaban J connectivity index is 1.51. The average Bonchev–Trinajstić information content (AvgIpc) is 3.37. The molecule has 0 saturated carbocycles. The molecule has 9 heteroatoms. The number of Topliss-reactive ketones (excluding diaryl/α,β-unsaturated/α-hetero) is 1. The molecular formula is C23H20BrN3O3S2. The van der Waals surface area contributed by atoms with E-state index in [0.717, 1.165) is 27.0 Å². The lowest BCUT2D eigenvalue weighted by molar-refractivity contribution is -0.114. The van der Waals surface area contributed by atoms with Gasteiger partial charge in [-0.2, -0.15) is 0 Å². The van der Waals surface area contributed by atoms with Gasteiger partial charge in [0.05, 0.1) is 17.1 Å². The van der Waals surface area contributed by atoms with Crippen LogP contribution < -0.4 is 9.47 Å². The van der Waals surface area contributed by atoms with E-state index in [1.165, 1.54) is 23.1 Å². The molecule has 0 unspecified atom stereocenters. The summed E-state index contributed by atoms with van der Waals surface area (Å²) in [5, 5.41) is 18.2. The molecule has 1 aliphatic rings. The number of carbonyl (C=O) groups excluding carboxylic acids is 1. The SMILES string of the molecule is CCc1nnc([C@H]2C(=N)S/C(=C\c3ccc(OCc4ccc(Br)cc4)c(OC)c3)C2=O)s1. The van der Waals surface area contributed by atoms with E-state index in [2.05, 4.69) is 26.1 Å². The molecule has 1 saturated heterocycles. The molecule has 0 aliphatic carbocycles. The van der Waals surface area contributed by atoms with Crippen LogP contribution in [0, 0.1) is 5.41 Å². The molecule has 1 N–H and O–H groups in total. The number of nitrogens with one attached hydrogen (secondary N) is 1. The second-order valence-corrected chi connectivity index (χ2v) is 10.1. The highest BCUT2D eigenvalue weighted by molar-refractivity contribution is 9.10.